The third-order valence-corrected chi connectivity index (χ3v) is 5.44. The highest BCUT2D eigenvalue weighted by Crippen LogP contribution is 2.40. The van der Waals surface area contributed by atoms with Gasteiger partial charge in [-0.25, -0.2) is 9.78 Å². The zero-order valence-corrected chi connectivity index (χ0v) is 14.1. The van der Waals surface area contributed by atoms with E-state index in [0.717, 1.165) is 37.0 Å². The molecule has 0 bridgehead atoms. The summed E-state index contributed by atoms with van der Waals surface area (Å²) in [5, 5.41) is 14.3. The Bertz CT molecular complexity index is 520. The van der Waals surface area contributed by atoms with E-state index in [4.69, 9.17) is 11.6 Å². The van der Waals surface area contributed by atoms with Crippen molar-refractivity contribution in [1.82, 2.24) is 4.98 Å². The van der Waals surface area contributed by atoms with Crippen LogP contribution in [-0.4, -0.2) is 35.3 Å². The first-order valence-corrected chi connectivity index (χ1v) is 8.15. The van der Waals surface area contributed by atoms with Gasteiger partial charge >= 0.3 is 5.97 Å². The maximum Gasteiger partial charge on any atom is 0.351 e. The molecule has 1 aliphatic carbocycles. The predicted molar refractivity (Wildman–Crippen MR) is 84.2 cm³/mol. The maximum atomic E-state index is 11.5. The number of esters is 1. The molecule has 7 heteroatoms. The smallest absolute Gasteiger partial charge is 0.351 e. The largest absolute Gasteiger partial charge is 0.465 e. The molecule has 0 saturated heterocycles. The fraction of sp³-hybridized carbons (Fsp3) is 0.714. The summed E-state index contributed by atoms with van der Waals surface area (Å²) in [7, 11) is 1.30. The van der Waals surface area contributed by atoms with Crippen LogP contribution in [0.2, 0.25) is 5.15 Å². The highest BCUT2D eigenvalue weighted by atomic mass is 35.5. The zero-order chi connectivity index (χ0) is 15.7. The fourth-order valence-electron chi connectivity index (χ4n) is 2.40. The highest BCUT2D eigenvalue weighted by molar-refractivity contribution is 7.18. The topological polar surface area (TPSA) is 71.5 Å². The number of carbonyl (C=O) groups is 1. The number of hydrogen-bond donors (Lipinski definition) is 2. The van der Waals surface area contributed by atoms with Gasteiger partial charge in [0.1, 0.15) is 0 Å². The molecular formula is C14H21ClN2O3S. The van der Waals surface area contributed by atoms with Gasteiger partial charge in [0.05, 0.1) is 12.7 Å². The van der Waals surface area contributed by atoms with Crippen molar-refractivity contribution >= 4 is 34.0 Å². The molecule has 21 heavy (non-hydrogen) atoms. The van der Waals surface area contributed by atoms with Crippen LogP contribution in [0.5, 0.6) is 0 Å². The first kappa shape index (κ1) is 16.5. The van der Waals surface area contributed by atoms with Crippen molar-refractivity contribution < 1.29 is 14.6 Å². The zero-order valence-electron chi connectivity index (χ0n) is 12.5. The molecule has 0 unspecified atom stereocenters. The fourth-order valence-corrected chi connectivity index (χ4v) is 3.50. The number of aromatic nitrogens is 1. The van der Waals surface area contributed by atoms with E-state index in [-0.39, 0.29) is 10.0 Å². The van der Waals surface area contributed by atoms with Crippen LogP contribution >= 0.6 is 22.9 Å². The number of halogens is 1. The molecule has 1 aromatic rings. The lowest BCUT2D eigenvalue weighted by Crippen LogP contribution is -2.42. The highest BCUT2D eigenvalue weighted by Gasteiger charge is 2.36. The Labute approximate surface area is 133 Å². The molecule has 2 N–H and O–H groups in total. The minimum absolute atomic E-state index is 0.131. The Morgan fingerprint density at radius 3 is 2.62 bits per heavy atom. The van der Waals surface area contributed by atoms with Crippen molar-refractivity contribution in [3.8, 4) is 0 Å². The Morgan fingerprint density at radius 1 is 1.43 bits per heavy atom. The van der Waals surface area contributed by atoms with Gasteiger partial charge in [0, 0.05) is 6.54 Å². The van der Waals surface area contributed by atoms with E-state index in [9.17, 15) is 9.90 Å². The second-order valence-corrected chi connectivity index (χ2v) is 7.73. The van der Waals surface area contributed by atoms with Gasteiger partial charge in [0.25, 0.3) is 0 Å². The Kier molecular flexibility index (Phi) is 4.80. The van der Waals surface area contributed by atoms with Gasteiger partial charge in [-0.3, -0.25) is 0 Å². The molecule has 5 nitrogen and oxygen atoms in total. The average molecular weight is 333 g/mol. The number of carbonyl (C=O) groups excluding carboxylic acids is 1. The molecule has 2 rings (SSSR count). The molecule has 0 amide bonds. The Hall–Kier alpha value is -0.850. The number of rotatable bonds is 4. The molecule has 1 aromatic heterocycles. The van der Waals surface area contributed by atoms with Crippen molar-refractivity contribution in [1.29, 1.82) is 0 Å². The van der Waals surface area contributed by atoms with Crippen LogP contribution in [-0.2, 0) is 4.74 Å². The first-order valence-electron chi connectivity index (χ1n) is 6.96. The molecule has 1 fully saturated rings. The number of nitrogens with one attached hydrogen (secondary N) is 1. The van der Waals surface area contributed by atoms with Crippen LogP contribution in [0.4, 0.5) is 5.13 Å². The van der Waals surface area contributed by atoms with Crippen LogP contribution in [0.15, 0.2) is 0 Å². The molecular weight excluding hydrogens is 312 g/mol. The van der Waals surface area contributed by atoms with Crippen molar-refractivity contribution in [3.05, 3.63) is 10.0 Å². The summed E-state index contributed by atoms with van der Waals surface area (Å²) in [6.07, 6.45) is 3.51. The monoisotopic (exact) mass is 332 g/mol. The average Bonchev–Trinajstić information content (AvgIpc) is 2.81. The third-order valence-electron chi connectivity index (χ3n) is 4.06. The van der Waals surface area contributed by atoms with Crippen LogP contribution in [0, 0.1) is 5.41 Å². The predicted octanol–water partition coefficient (Wildman–Crippen LogP) is 3.33. The van der Waals surface area contributed by atoms with Gasteiger partial charge < -0.3 is 15.2 Å². The van der Waals surface area contributed by atoms with Crippen LogP contribution in [0.3, 0.4) is 0 Å². The molecule has 1 aliphatic rings. The summed E-state index contributed by atoms with van der Waals surface area (Å²) in [4.78, 5) is 15.8. The lowest BCUT2D eigenvalue weighted by atomic mass is 9.71. The van der Waals surface area contributed by atoms with E-state index >= 15 is 0 Å². The molecule has 0 radical (unpaired) electrons. The Balaban J connectivity index is 1.96. The van der Waals surface area contributed by atoms with E-state index in [2.05, 4.69) is 28.9 Å². The maximum absolute atomic E-state index is 11.5. The number of ether oxygens (including phenoxy) is 1. The summed E-state index contributed by atoms with van der Waals surface area (Å²) in [5.41, 5.74) is -0.423. The number of aliphatic hydroxyl groups is 1. The van der Waals surface area contributed by atoms with Gasteiger partial charge in [-0.05, 0) is 31.1 Å². The van der Waals surface area contributed by atoms with Gasteiger partial charge in [0.15, 0.2) is 15.2 Å². The van der Waals surface area contributed by atoms with Crippen LogP contribution in [0.1, 0.15) is 49.2 Å². The summed E-state index contributed by atoms with van der Waals surface area (Å²) in [6, 6.07) is 0. The van der Waals surface area contributed by atoms with Gasteiger partial charge in [-0.1, -0.05) is 36.8 Å². The van der Waals surface area contributed by atoms with E-state index in [0.29, 0.717) is 17.1 Å². The molecule has 1 saturated carbocycles. The normalized spacial score (nSPS) is 20.0. The lowest BCUT2D eigenvalue weighted by Gasteiger charge is -2.40. The Morgan fingerprint density at radius 2 is 2.05 bits per heavy atom. The van der Waals surface area contributed by atoms with Crippen molar-refractivity contribution in [2.45, 2.75) is 45.1 Å². The van der Waals surface area contributed by atoms with Crippen LogP contribution in [0.25, 0.3) is 0 Å². The summed E-state index contributed by atoms with van der Waals surface area (Å²) >= 11 is 7.05. The van der Waals surface area contributed by atoms with E-state index < -0.39 is 11.6 Å². The number of nitrogens with zero attached hydrogens (tertiary/aromatic N) is 1. The second kappa shape index (κ2) is 6.10. The number of hydrogen-bond acceptors (Lipinski definition) is 6. The molecule has 0 spiro atoms. The lowest BCUT2D eigenvalue weighted by molar-refractivity contribution is -0.0145. The minimum atomic E-state index is -0.723. The number of anilines is 1. The van der Waals surface area contributed by atoms with Crippen molar-refractivity contribution in [3.63, 3.8) is 0 Å². The van der Waals surface area contributed by atoms with E-state index in [1.165, 1.54) is 7.11 Å². The summed E-state index contributed by atoms with van der Waals surface area (Å²) < 4.78 is 4.64. The molecule has 1 heterocycles. The van der Waals surface area contributed by atoms with E-state index in [1.54, 1.807) is 0 Å². The second-order valence-electron chi connectivity index (χ2n) is 6.37. The van der Waals surface area contributed by atoms with Gasteiger partial charge in [-0.15, -0.1) is 0 Å². The molecule has 0 atom stereocenters. The summed E-state index contributed by atoms with van der Waals surface area (Å²) in [6.45, 7) is 4.86. The van der Waals surface area contributed by atoms with Gasteiger partial charge in [0.2, 0.25) is 0 Å². The minimum Gasteiger partial charge on any atom is -0.465 e. The SMILES string of the molecule is COC(=O)c1sc(NCC2(O)CCC(C)(C)CC2)nc1Cl. The molecule has 0 aliphatic heterocycles. The first-order chi connectivity index (χ1) is 9.75. The van der Waals surface area contributed by atoms with E-state index in [1.807, 2.05) is 0 Å². The van der Waals surface area contributed by atoms with Gasteiger partial charge in [-0.2, -0.15) is 0 Å². The third kappa shape index (κ3) is 4.08. The number of methoxy groups -OCH3 is 1. The van der Waals surface area contributed by atoms with Crippen molar-refractivity contribution in [2.75, 3.05) is 19.0 Å². The molecule has 0 aromatic carbocycles. The molecule has 118 valence electrons. The standard InChI is InChI=1S/C14H21ClN2O3S/c1-13(2)4-6-14(19,7-5-13)8-16-12-17-10(15)9(21-12)11(18)20-3/h19H,4-8H2,1-3H3,(H,16,17). The quantitative estimate of drug-likeness (QED) is 0.827. The number of thiazole rings is 1. The van der Waals surface area contributed by atoms with Crippen LogP contribution < -0.4 is 5.32 Å². The summed E-state index contributed by atoms with van der Waals surface area (Å²) in [5.74, 6) is -0.497. The van der Waals surface area contributed by atoms with Crippen molar-refractivity contribution in [2.24, 2.45) is 5.41 Å².